The third-order valence-electron chi connectivity index (χ3n) is 2.88. The maximum absolute atomic E-state index is 13.6. The molecule has 1 aromatic carbocycles. The van der Waals surface area contributed by atoms with Gasteiger partial charge in [0.1, 0.15) is 5.01 Å². The van der Waals surface area contributed by atoms with E-state index in [4.69, 9.17) is 0 Å². The Bertz CT molecular complexity index is 626. The van der Waals surface area contributed by atoms with E-state index in [9.17, 15) is 8.78 Å². The molecule has 2 aromatic rings. The first-order chi connectivity index (χ1) is 9.45. The van der Waals surface area contributed by atoms with Gasteiger partial charge in [0, 0.05) is 17.0 Å². The van der Waals surface area contributed by atoms with Crippen LogP contribution in [0.5, 0.6) is 0 Å². The Hall–Kier alpha value is -0.850. The van der Waals surface area contributed by atoms with Crippen LogP contribution >= 0.6 is 27.3 Å². The maximum atomic E-state index is 13.6. The second-order valence-corrected chi connectivity index (χ2v) is 6.61. The molecule has 0 unspecified atom stereocenters. The Kier molecular flexibility index (Phi) is 4.88. The molecule has 108 valence electrons. The summed E-state index contributed by atoms with van der Waals surface area (Å²) in [6.07, 6.45) is 0. The topological polar surface area (TPSA) is 24.9 Å². The predicted octanol–water partition coefficient (Wildman–Crippen LogP) is 4.69. The average molecular weight is 361 g/mol. The van der Waals surface area contributed by atoms with Crippen LogP contribution < -0.4 is 5.32 Å². The molecule has 1 heterocycles. The number of thiazole rings is 1. The van der Waals surface area contributed by atoms with Crippen LogP contribution in [0, 0.1) is 11.6 Å². The highest BCUT2D eigenvalue weighted by Crippen LogP contribution is 2.37. The molecule has 0 radical (unpaired) electrons. The summed E-state index contributed by atoms with van der Waals surface area (Å²) in [4.78, 5) is 5.71. The van der Waals surface area contributed by atoms with Crippen LogP contribution in [0.4, 0.5) is 8.78 Å². The highest BCUT2D eigenvalue weighted by molar-refractivity contribution is 9.10. The predicted molar refractivity (Wildman–Crippen MR) is 82.0 cm³/mol. The van der Waals surface area contributed by atoms with E-state index < -0.39 is 11.6 Å². The fourth-order valence-electron chi connectivity index (χ4n) is 1.91. The quantitative estimate of drug-likeness (QED) is 0.799. The number of hydrogen-bond acceptors (Lipinski definition) is 3. The molecule has 0 aliphatic carbocycles. The van der Waals surface area contributed by atoms with Crippen LogP contribution in [0.25, 0.3) is 10.6 Å². The summed E-state index contributed by atoms with van der Waals surface area (Å²) in [6, 6.07) is 2.68. The molecule has 0 saturated carbocycles. The van der Waals surface area contributed by atoms with Gasteiger partial charge in [0.15, 0.2) is 11.6 Å². The molecule has 0 fully saturated rings. The number of nitrogens with zero attached hydrogens (tertiary/aromatic N) is 1. The molecule has 0 atom stereocenters. The Labute approximate surface area is 129 Å². The van der Waals surface area contributed by atoms with E-state index >= 15 is 0 Å². The highest BCUT2D eigenvalue weighted by Gasteiger charge is 2.19. The molecular formula is C14H15BrF2N2S. The minimum Gasteiger partial charge on any atom is -0.315 e. The molecule has 0 amide bonds. The molecule has 2 nitrogen and oxygen atoms in total. The van der Waals surface area contributed by atoms with Crippen molar-refractivity contribution in [2.45, 2.75) is 26.3 Å². The second kappa shape index (κ2) is 6.28. The molecule has 0 bridgehead atoms. The van der Waals surface area contributed by atoms with Gasteiger partial charge in [-0.15, -0.1) is 11.3 Å². The van der Waals surface area contributed by atoms with E-state index in [1.807, 2.05) is 7.05 Å². The Morgan fingerprint density at radius 1 is 1.35 bits per heavy atom. The number of rotatable bonds is 4. The number of benzene rings is 1. The van der Waals surface area contributed by atoms with Gasteiger partial charge < -0.3 is 5.32 Å². The van der Waals surface area contributed by atoms with Gasteiger partial charge in [0.2, 0.25) is 0 Å². The summed E-state index contributed by atoms with van der Waals surface area (Å²) >= 11 is 4.62. The first kappa shape index (κ1) is 15.5. The highest BCUT2D eigenvalue weighted by atomic mass is 79.9. The summed E-state index contributed by atoms with van der Waals surface area (Å²) < 4.78 is 26.9. The minimum atomic E-state index is -0.876. The molecule has 20 heavy (non-hydrogen) atoms. The lowest BCUT2D eigenvalue weighted by Crippen LogP contribution is -2.06. The van der Waals surface area contributed by atoms with Gasteiger partial charge in [-0.3, -0.25) is 0 Å². The van der Waals surface area contributed by atoms with Crippen LogP contribution in [0.3, 0.4) is 0 Å². The van der Waals surface area contributed by atoms with Gasteiger partial charge in [0.05, 0.1) is 10.2 Å². The van der Waals surface area contributed by atoms with Crippen molar-refractivity contribution in [3.8, 4) is 10.6 Å². The van der Waals surface area contributed by atoms with Gasteiger partial charge in [-0.25, -0.2) is 13.8 Å². The van der Waals surface area contributed by atoms with E-state index in [1.165, 1.54) is 11.3 Å². The van der Waals surface area contributed by atoms with Crippen molar-refractivity contribution in [3.05, 3.63) is 38.8 Å². The lowest BCUT2D eigenvalue weighted by molar-refractivity contribution is 0.505. The van der Waals surface area contributed by atoms with Crippen LogP contribution in [0.1, 0.15) is 30.3 Å². The van der Waals surface area contributed by atoms with Gasteiger partial charge in [0.25, 0.3) is 0 Å². The van der Waals surface area contributed by atoms with Crippen LogP contribution in [-0.4, -0.2) is 12.0 Å². The van der Waals surface area contributed by atoms with Gasteiger partial charge in [-0.2, -0.15) is 0 Å². The van der Waals surface area contributed by atoms with E-state index in [1.54, 1.807) is 6.07 Å². The molecule has 0 aliphatic heterocycles. The summed E-state index contributed by atoms with van der Waals surface area (Å²) in [7, 11) is 1.87. The zero-order chi connectivity index (χ0) is 14.9. The zero-order valence-electron chi connectivity index (χ0n) is 11.4. The van der Waals surface area contributed by atoms with E-state index in [0.717, 1.165) is 16.6 Å². The first-order valence-corrected chi connectivity index (χ1v) is 7.84. The maximum Gasteiger partial charge on any atom is 0.173 e. The van der Waals surface area contributed by atoms with Gasteiger partial charge in [-0.05, 0) is 41.0 Å². The molecule has 1 N–H and O–H groups in total. The fraction of sp³-hybridized carbons (Fsp3) is 0.357. The Morgan fingerprint density at radius 2 is 2.05 bits per heavy atom. The first-order valence-electron chi connectivity index (χ1n) is 6.23. The largest absolute Gasteiger partial charge is 0.315 e. The lowest BCUT2D eigenvalue weighted by atomic mass is 10.1. The third-order valence-corrected chi connectivity index (χ3v) is 4.76. The SMILES string of the molecule is CNCc1sc(-c2ccc(F)c(F)c2Br)nc1C(C)C. The number of aromatic nitrogens is 1. The molecule has 0 aliphatic rings. The van der Waals surface area contributed by atoms with Crippen molar-refractivity contribution in [2.75, 3.05) is 7.05 Å². The molecular weight excluding hydrogens is 346 g/mol. The standard InChI is InChI=1S/C14H15BrF2N2S/c1-7(2)13-10(6-18-3)20-14(19-13)8-4-5-9(16)12(17)11(8)15/h4-5,7,18H,6H2,1-3H3. The summed E-state index contributed by atoms with van der Waals surface area (Å²) in [5.41, 5.74) is 1.58. The van der Waals surface area contributed by atoms with Crippen LogP contribution in [0.2, 0.25) is 0 Å². The van der Waals surface area contributed by atoms with Crippen molar-refractivity contribution in [1.29, 1.82) is 0 Å². The molecule has 2 rings (SSSR count). The van der Waals surface area contributed by atoms with E-state index in [2.05, 4.69) is 40.1 Å². The monoisotopic (exact) mass is 360 g/mol. The smallest absolute Gasteiger partial charge is 0.173 e. The third kappa shape index (κ3) is 2.92. The van der Waals surface area contributed by atoms with Gasteiger partial charge >= 0.3 is 0 Å². The Balaban J connectivity index is 2.53. The molecule has 6 heteroatoms. The Morgan fingerprint density at radius 3 is 2.65 bits per heavy atom. The van der Waals surface area contributed by atoms with E-state index in [0.29, 0.717) is 17.1 Å². The average Bonchev–Trinajstić information content (AvgIpc) is 2.80. The van der Waals surface area contributed by atoms with Crippen LogP contribution in [0.15, 0.2) is 16.6 Å². The van der Waals surface area contributed by atoms with Crippen molar-refractivity contribution in [2.24, 2.45) is 0 Å². The van der Waals surface area contributed by atoms with Crippen molar-refractivity contribution in [1.82, 2.24) is 10.3 Å². The summed E-state index contributed by atoms with van der Waals surface area (Å²) in [6.45, 7) is 4.85. The zero-order valence-corrected chi connectivity index (χ0v) is 13.8. The number of hydrogen-bond donors (Lipinski definition) is 1. The summed E-state index contributed by atoms with van der Waals surface area (Å²) in [5, 5.41) is 3.80. The van der Waals surface area contributed by atoms with Crippen molar-refractivity contribution >= 4 is 27.3 Å². The van der Waals surface area contributed by atoms with Crippen molar-refractivity contribution in [3.63, 3.8) is 0 Å². The minimum absolute atomic E-state index is 0.123. The van der Waals surface area contributed by atoms with E-state index in [-0.39, 0.29) is 10.4 Å². The lowest BCUT2D eigenvalue weighted by Gasteiger charge is -2.04. The van der Waals surface area contributed by atoms with Gasteiger partial charge in [-0.1, -0.05) is 13.8 Å². The molecule has 1 aromatic heterocycles. The van der Waals surface area contributed by atoms with Crippen LogP contribution in [-0.2, 0) is 6.54 Å². The molecule has 0 saturated heterocycles. The molecule has 0 spiro atoms. The van der Waals surface area contributed by atoms with Crippen molar-refractivity contribution < 1.29 is 8.78 Å². The summed E-state index contributed by atoms with van der Waals surface area (Å²) in [5.74, 6) is -1.46. The number of halogens is 3. The normalized spacial score (nSPS) is 11.3. The second-order valence-electron chi connectivity index (χ2n) is 4.74. The fourth-order valence-corrected chi connectivity index (χ4v) is 3.81. The number of nitrogens with one attached hydrogen (secondary N) is 1.